The fourth-order valence-electron chi connectivity index (χ4n) is 4.10. The number of likely N-dealkylation sites (N-methyl/N-ethyl adjacent to an activating group) is 1. The zero-order valence-electron chi connectivity index (χ0n) is 21.3. The van der Waals surface area contributed by atoms with E-state index in [1.165, 1.54) is 9.88 Å². The minimum absolute atomic E-state index is 0.0650. The van der Waals surface area contributed by atoms with Crippen molar-refractivity contribution < 1.29 is 17.9 Å². The molecule has 0 radical (unpaired) electrons. The average molecular weight is 511 g/mol. The van der Waals surface area contributed by atoms with Gasteiger partial charge in [-0.2, -0.15) is 9.40 Å². The van der Waals surface area contributed by atoms with E-state index in [0.717, 1.165) is 42.0 Å². The van der Waals surface area contributed by atoms with Gasteiger partial charge in [-0.3, -0.25) is 4.68 Å². The SMILES string of the molecule is COc1ccc(CN(Cc2ccc(OC)cc2)S(=O)(=O)c2ccn(C3CC(=CCN(C)C)C3)n2)cc1. The first-order chi connectivity index (χ1) is 17.3. The minimum atomic E-state index is -3.84. The van der Waals surface area contributed by atoms with E-state index in [1.54, 1.807) is 31.2 Å². The van der Waals surface area contributed by atoms with Crippen molar-refractivity contribution in [2.75, 3.05) is 34.9 Å². The Kier molecular flexibility index (Phi) is 8.13. The van der Waals surface area contributed by atoms with Crippen LogP contribution in [0.1, 0.15) is 30.0 Å². The summed E-state index contributed by atoms with van der Waals surface area (Å²) in [5.74, 6) is 1.45. The van der Waals surface area contributed by atoms with Crippen LogP contribution in [0.3, 0.4) is 0 Å². The molecule has 1 fully saturated rings. The Hall–Kier alpha value is -3.14. The smallest absolute Gasteiger partial charge is 0.262 e. The lowest BCUT2D eigenvalue weighted by Crippen LogP contribution is -2.31. The fourth-order valence-corrected chi connectivity index (χ4v) is 5.43. The molecular weight excluding hydrogens is 476 g/mol. The summed E-state index contributed by atoms with van der Waals surface area (Å²) < 4.78 is 41.2. The number of benzene rings is 2. The number of sulfonamides is 1. The molecule has 0 atom stereocenters. The molecule has 0 bridgehead atoms. The number of aromatic nitrogens is 2. The third kappa shape index (κ3) is 6.16. The first-order valence-electron chi connectivity index (χ1n) is 11.9. The maximum atomic E-state index is 13.8. The standard InChI is InChI=1S/C27H34N4O4S/c1-29(2)15-13-23-17-24(18-23)31-16-14-27(28-31)36(32,33)30(19-21-5-9-25(34-3)10-6-21)20-22-7-11-26(35-4)12-8-22/h5-14,16,24H,15,17-20H2,1-4H3. The summed E-state index contributed by atoms with van der Waals surface area (Å²) in [4.78, 5) is 2.12. The third-order valence-corrected chi connectivity index (χ3v) is 8.02. The van der Waals surface area contributed by atoms with E-state index in [-0.39, 0.29) is 24.2 Å². The van der Waals surface area contributed by atoms with Crippen LogP contribution in [0.25, 0.3) is 0 Å². The van der Waals surface area contributed by atoms with Crippen LogP contribution in [0, 0.1) is 0 Å². The van der Waals surface area contributed by atoms with E-state index in [4.69, 9.17) is 9.47 Å². The Labute approximate surface area is 213 Å². The minimum Gasteiger partial charge on any atom is -0.497 e. The Balaban J connectivity index is 1.55. The van der Waals surface area contributed by atoms with Crippen molar-refractivity contribution in [2.24, 2.45) is 0 Å². The summed E-state index contributed by atoms with van der Waals surface area (Å²) in [6.07, 6.45) is 5.81. The van der Waals surface area contributed by atoms with Gasteiger partial charge in [0.15, 0.2) is 5.03 Å². The number of allylic oxidation sites excluding steroid dienone is 1. The molecule has 0 N–H and O–H groups in total. The molecule has 0 amide bonds. The van der Waals surface area contributed by atoms with Gasteiger partial charge in [0.25, 0.3) is 10.0 Å². The van der Waals surface area contributed by atoms with Crippen molar-refractivity contribution in [3.63, 3.8) is 0 Å². The van der Waals surface area contributed by atoms with Crippen LogP contribution in [0.4, 0.5) is 0 Å². The van der Waals surface area contributed by atoms with Gasteiger partial charge in [0.2, 0.25) is 0 Å². The second-order valence-electron chi connectivity index (χ2n) is 9.29. The van der Waals surface area contributed by atoms with Gasteiger partial charge in [0.1, 0.15) is 11.5 Å². The van der Waals surface area contributed by atoms with Crippen molar-refractivity contribution in [3.8, 4) is 11.5 Å². The molecule has 36 heavy (non-hydrogen) atoms. The first-order valence-corrected chi connectivity index (χ1v) is 13.4. The van der Waals surface area contributed by atoms with Crippen molar-refractivity contribution in [2.45, 2.75) is 37.0 Å². The lowest BCUT2D eigenvalue weighted by Gasteiger charge is -2.30. The quantitative estimate of drug-likeness (QED) is 0.361. The van der Waals surface area contributed by atoms with Crippen molar-refractivity contribution >= 4 is 10.0 Å². The number of methoxy groups -OCH3 is 2. The van der Waals surface area contributed by atoms with Gasteiger partial charge in [-0.15, -0.1) is 0 Å². The highest BCUT2D eigenvalue weighted by Crippen LogP contribution is 2.37. The van der Waals surface area contributed by atoms with Crippen molar-refractivity contribution in [1.29, 1.82) is 0 Å². The van der Waals surface area contributed by atoms with Gasteiger partial charge in [0.05, 0.1) is 20.3 Å². The molecule has 1 aliphatic carbocycles. The second kappa shape index (κ2) is 11.3. The van der Waals surface area contributed by atoms with E-state index in [2.05, 4.69) is 16.1 Å². The molecule has 8 nitrogen and oxygen atoms in total. The van der Waals surface area contributed by atoms with Crippen LogP contribution in [0.2, 0.25) is 0 Å². The molecule has 0 aliphatic heterocycles. The summed E-state index contributed by atoms with van der Waals surface area (Å²) >= 11 is 0. The molecular formula is C27H34N4O4S. The van der Waals surface area contributed by atoms with Crippen LogP contribution in [0.15, 0.2) is 77.5 Å². The molecule has 1 aromatic heterocycles. The molecule has 1 heterocycles. The largest absolute Gasteiger partial charge is 0.497 e. The molecule has 9 heteroatoms. The lowest BCUT2D eigenvalue weighted by molar-refractivity contribution is 0.357. The van der Waals surface area contributed by atoms with Crippen LogP contribution < -0.4 is 9.47 Å². The van der Waals surface area contributed by atoms with Gasteiger partial charge >= 0.3 is 0 Å². The molecule has 4 rings (SSSR count). The predicted octanol–water partition coefficient (Wildman–Crippen LogP) is 4.11. The molecule has 192 valence electrons. The summed E-state index contributed by atoms with van der Waals surface area (Å²) in [7, 11) is 3.46. The highest BCUT2D eigenvalue weighted by atomic mass is 32.2. The zero-order valence-corrected chi connectivity index (χ0v) is 22.1. The molecule has 0 saturated heterocycles. The molecule has 3 aromatic rings. The van der Waals surface area contributed by atoms with Gasteiger partial charge in [-0.25, -0.2) is 8.42 Å². The van der Waals surface area contributed by atoms with Crippen molar-refractivity contribution in [1.82, 2.24) is 19.0 Å². The van der Waals surface area contributed by atoms with Crippen LogP contribution in [-0.4, -0.2) is 62.3 Å². The first kappa shape index (κ1) is 25.9. The molecule has 0 unspecified atom stereocenters. The van der Waals surface area contributed by atoms with Crippen molar-refractivity contribution in [3.05, 3.63) is 83.6 Å². The molecule has 1 saturated carbocycles. The monoisotopic (exact) mass is 510 g/mol. The topological polar surface area (TPSA) is 76.9 Å². The van der Waals surface area contributed by atoms with Gasteiger partial charge in [0, 0.05) is 25.8 Å². The number of ether oxygens (including phenoxy) is 2. The number of nitrogens with zero attached hydrogens (tertiary/aromatic N) is 4. The normalized spacial score (nSPS) is 15.7. The molecule has 2 aromatic carbocycles. The van der Waals surface area contributed by atoms with E-state index in [9.17, 15) is 8.42 Å². The second-order valence-corrected chi connectivity index (χ2v) is 11.2. The highest BCUT2D eigenvalue weighted by molar-refractivity contribution is 7.89. The highest BCUT2D eigenvalue weighted by Gasteiger charge is 2.30. The Morgan fingerprint density at radius 3 is 1.92 bits per heavy atom. The van der Waals surface area contributed by atoms with Crippen LogP contribution >= 0.6 is 0 Å². The van der Waals surface area contributed by atoms with Crippen LogP contribution in [0.5, 0.6) is 11.5 Å². The van der Waals surface area contributed by atoms with E-state index in [0.29, 0.717) is 0 Å². The third-order valence-electron chi connectivity index (χ3n) is 6.34. The summed E-state index contributed by atoms with van der Waals surface area (Å²) in [5.41, 5.74) is 3.11. The van der Waals surface area contributed by atoms with E-state index >= 15 is 0 Å². The number of rotatable bonds is 11. The zero-order chi connectivity index (χ0) is 25.7. The average Bonchev–Trinajstić information content (AvgIpc) is 3.34. The van der Waals surface area contributed by atoms with E-state index < -0.39 is 10.0 Å². The molecule has 1 aliphatic rings. The van der Waals surface area contributed by atoms with Gasteiger partial charge in [-0.1, -0.05) is 35.9 Å². The maximum Gasteiger partial charge on any atom is 0.262 e. The Morgan fingerprint density at radius 1 is 0.917 bits per heavy atom. The predicted molar refractivity (Wildman–Crippen MR) is 140 cm³/mol. The summed E-state index contributed by atoms with van der Waals surface area (Å²) in [6.45, 7) is 1.34. The number of hydrogen-bond acceptors (Lipinski definition) is 6. The maximum absolute atomic E-state index is 13.8. The van der Waals surface area contributed by atoms with Gasteiger partial charge < -0.3 is 14.4 Å². The summed E-state index contributed by atoms with van der Waals surface area (Å²) in [5, 5.41) is 4.57. The lowest BCUT2D eigenvalue weighted by atomic mass is 9.86. The van der Waals surface area contributed by atoms with E-state index in [1.807, 2.05) is 62.6 Å². The van der Waals surface area contributed by atoms with Crippen LogP contribution in [-0.2, 0) is 23.1 Å². The Morgan fingerprint density at radius 2 is 1.44 bits per heavy atom. The summed E-state index contributed by atoms with van der Waals surface area (Å²) in [6, 6.07) is 16.6. The number of hydrogen-bond donors (Lipinski definition) is 0. The fraction of sp³-hybridized carbons (Fsp3) is 0.370. The van der Waals surface area contributed by atoms with Gasteiger partial charge in [-0.05, 0) is 68.4 Å². The Bertz CT molecular complexity index is 1220. The molecule has 0 spiro atoms.